The molecular formula is C9H12N2O2S. The van der Waals surface area contributed by atoms with Crippen molar-refractivity contribution in [2.24, 2.45) is 0 Å². The van der Waals surface area contributed by atoms with Crippen LogP contribution < -0.4 is 11.1 Å². The molecule has 1 aromatic heterocycles. The highest BCUT2D eigenvalue weighted by Crippen LogP contribution is 2.34. The predicted octanol–water partition coefficient (Wildman–Crippen LogP) is 1.11. The number of anilines is 1. The number of nitrogen functional groups attached to an aromatic ring is 1. The maximum atomic E-state index is 11.6. The Bertz CT molecular complexity index is 373. The monoisotopic (exact) mass is 212 g/mol. The van der Waals surface area contributed by atoms with E-state index < -0.39 is 0 Å². The Labute approximate surface area is 86.1 Å². The molecule has 0 atom stereocenters. The number of fused-ring (bicyclic) bond motifs is 1. The lowest BCUT2D eigenvalue weighted by atomic mass is 10.1. The molecule has 0 bridgehead atoms. The molecule has 2 rings (SSSR count). The zero-order valence-electron chi connectivity index (χ0n) is 7.92. The van der Waals surface area contributed by atoms with Gasteiger partial charge in [-0.1, -0.05) is 0 Å². The quantitative estimate of drug-likeness (QED) is 0.721. The van der Waals surface area contributed by atoms with Crippen LogP contribution in [0.3, 0.4) is 0 Å². The number of rotatable bonds is 2. The van der Waals surface area contributed by atoms with Gasteiger partial charge >= 0.3 is 5.97 Å². The van der Waals surface area contributed by atoms with E-state index in [1.807, 2.05) is 0 Å². The first-order chi connectivity index (χ1) is 6.74. The Morgan fingerprint density at radius 1 is 1.64 bits per heavy atom. The molecule has 0 radical (unpaired) electrons. The second-order valence-corrected chi connectivity index (χ2v) is 4.20. The van der Waals surface area contributed by atoms with E-state index in [1.54, 1.807) is 6.92 Å². The van der Waals surface area contributed by atoms with Gasteiger partial charge in [-0.15, -0.1) is 11.3 Å². The Kier molecular flexibility index (Phi) is 2.43. The van der Waals surface area contributed by atoms with Crippen LogP contribution in [0, 0.1) is 0 Å². The van der Waals surface area contributed by atoms with Crippen molar-refractivity contribution in [1.82, 2.24) is 5.32 Å². The van der Waals surface area contributed by atoms with E-state index in [1.165, 1.54) is 11.3 Å². The van der Waals surface area contributed by atoms with E-state index in [4.69, 9.17) is 10.5 Å². The average molecular weight is 212 g/mol. The molecule has 0 saturated heterocycles. The first-order valence-corrected chi connectivity index (χ1v) is 5.33. The van der Waals surface area contributed by atoms with Gasteiger partial charge in [-0.25, -0.2) is 4.79 Å². The number of hydrogen-bond donors (Lipinski definition) is 2. The van der Waals surface area contributed by atoms with Gasteiger partial charge in [0.15, 0.2) is 0 Å². The van der Waals surface area contributed by atoms with Crippen molar-refractivity contribution in [3.05, 3.63) is 16.0 Å². The van der Waals surface area contributed by atoms with Crippen molar-refractivity contribution >= 4 is 22.3 Å². The van der Waals surface area contributed by atoms with Gasteiger partial charge in [-0.05, 0) is 12.5 Å². The molecule has 0 fully saturated rings. The van der Waals surface area contributed by atoms with Crippen molar-refractivity contribution in [3.63, 3.8) is 0 Å². The maximum Gasteiger partial charge on any atom is 0.341 e. The van der Waals surface area contributed by atoms with Gasteiger partial charge in [0, 0.05) is 18.0 Å². The van der Waals surface area contributed by atoms with E-state index in [-0.39, 0.29) is 5.97 Å². The fourth-order valence-electron chi connectivity index (χ4n) is 1.59. The summed E-state index contributed by atoms with van der Waals surface area (Å²) >= 11 is 1.47. The van der Waals surface area contributed by atoms with Crippen LogP contribution in [0.5, 0.6) is 0 Å². The number of hydrogen-bond acceptors (Lipinski definition) is 5. The fourth-order valence-corrected chi connectivity index (χ4v) is 2.64. The minimum atomic E-state index is -0.300. The summed E-state index contributed by atoms with van der Waals surface area (Å²) in [7, 11) is 0. The van der Waals surface area contributed by atoms with Crippen LogP contribution in [0.4, 0.5) is 5.00 Å². The van der Waals surface area contributed by atoms with Crippen LogP contribution in [0.1, 0.15) is 27.7 Å². The number of nitrogens with one attached hydrogen (secondary N) is 1. The second-order valence-electron chi connectivity index (χ2n) is 3.07. The number of ether oxygens (including phenoxy) is 1. The lowest BCUT2D eigenvalue weighted by Crippen LogP contribution is -2.10. The molecule has 76 valence electrons. The van der Waals surface area contributed by atoms with Gasteiger partial charge in [0.1, 0.15) is 5.00 Å². The summed E-state index contributed by atoms with van der Waals surface area (Å²) in [5.74, 6) is -0.300. The van der Waals surface area contributed by atoms with E-state index in [0.717, 1.165) is 23.5 Å². The maximum absolute atomic E-state index is 11.6. The predicted molar refractivity (Wildman–Crippen MR) is 55.2 cm³/mol. The van der Waals surface area contributed by atoms with Gasteiger partial charge in [-0.2, -0.15) is 0 Å². The zero-order chi connectivity index (χ0) is 10.1. The van der Waals surface area contributed by atoms with Crippen molar-refractivity contribution in [1.29, 1.82) is 0 Å². The van der Waals surface area contributed by atoms with E-state index in [2.05, 4.69) is 5.32 Å². The molecule has 2 heterocycles. The minimum absolute atomic E-state index is 0.300. The summed E-state index contributed by atoms with van der Waals surface area (Å²) in [6.07, 6.45) is 0. The first kappa shape index (κ1) is 9.48. The molecule has 3 N–H and O–H groups in total. The molecule has 1 aliphatic heterocycles. The number of nitrogens with two attached hydrogens (primary N) is 1. The highest BCUT2D eigenvalue weighted by Gasteiger charge is 2.25. The molecule has 0 unspecified atom stereocenters. The van der Waals surface area contributed by atoms with Crippen LogP contribution >= 0.6 is 11.3 Å². The SMILES string of the molecule is CCOC(=O)c1c(N)sc2c1CNC2. The Hall–Kier alpha value is -1.07. The van der Waals surface area contributed by atoms with Crippen molar-refractivity contribution in [2.75, 3.05) is 12.3 Å². The largest absolute Gasteiger partial charge is 0.462 e. The highest BCUT2D eigenvalue weighted by molar-refractivity contribution is 7.16. The van der Waals surface area contributed by atoms with Gasteiger partial charge in [-0.3, -0.25) is 0 Å². The van der Waals surface area contributed by atoms with Crippen LogP contribution in [-0.2, 0) is 17.8 Å². The summed E-state index contributed by atoms with van der Waals surface area (Å²) in [5, 5.41) is 3.76. The van der Waals surface area contributed by atoms with Gasteiger partial charge in [0.2, 0.25) is 0 Å². The molecule has 1 aromatic rings. The van der Waals surface area contributed by atoms with Crippen molar-refractivity contribution in [2.45, 2.75) is 20.0 Å². The zero-order valence-corrected chi connectivity index (χ0v) is 8.74. The standard InChI is InChI=1S/C9H12N2O2S/c1-2-13-9(12)7-5-3-11-4-6(5)14-8(7)10/h11H,2-4,10H2,1H3. The van der Waals surface area contributed by atoms with Crippen LogP contribution in [0.2, 0.25) is 0 Å². The van der Waals surface area contributed by atoms with Gasteiger partial charge in [0.25, 0.3) is 0 Å². The summed E-state index contributed by atoms with van der Waals surface area (Å²) < 4.78 is 4.95. The molecule has 0 aliphatic carbocycles. The van der Waals surface area contributed by atoms with Crippen molar-refractivity contribution < 1.29 is 9.53 Å². The molecule has 0 amide bonds. The minimum Gasteiger partial charge on any atom is -0.462 e. The van der Waals surface area contributed by atoms with Gasteiger partial charge in [0.05, 0.1) is 12.2 Å². The smallest absolute Gasteiger partial charge is 0.341 e. The average Bonchev–Trinajstić information content (AvgIpc) is 2.63. The molecule has 0 spiro atoms. The van der Waals surface area contributed by atoms with Crippen LogP contribution in [0.15, 0.2) is 0 Å². The molecular weight excluding hydrogens is 200 g/mol. The molecule has 4 nitrogen and oxygen atoms in total. The normalized spacial score (nSPS) is 14.1. The number of carbonyl (C=O) groups excluding carboxylic acids is 1. The number of thiophene rings is 1. The third-order valence-electron chi connectivity index (χ3n) is 2.18. The summed E-state index contributed by atoms with van der Waals surface area (Å²) in [6.45, 7) is 3.70. The van der Waals surface area contributed by atoms with Crippen molar-refractivity contribution in [3.8, 4) is 0 Å². The van der Waals surface area contributed by atoms with E-state index >= 15 is 0 Å². The topological polar surface area (TPSA) is 64.3 Å². The second kappa shape index (κ2) is 3.59. The Morgan fingerprint density at radius 2 is 2.43 bits per heavy atom. The summed E-state index contributed by atoms with van der Waals surface area (Å²) in [5.41, 5.74) is 7.36. The Morgan fingerprint density at radius 3 is 3.14 bits per heavy atom. The van der Waals surface area contributed by atoms with E-state index in [0.29, 0.717) is 17.2 Å². The highest BCUT2D eigenvalue weighted by atomic mass is 32.1. The number of carbonyl (C=O) groups is 1. The van der Waals surface area contributed by atoms with Gasteiger partial charge < -0.3 is 15.8 Å². The summed E-state index contributed by atoms with van der Waals surface area (Å²) in [6, 6.07) is 0. The molecule has 0 saturated carbocycles. The third-order valence-corrected chi connectivity index (χ3v) is 3.25. The lowest BCUT2D eigenvalue weighted by molar-refractivity contribution is 0.0527. The van der Waals surface area contributed by atoms with Crippen LogP contribution in [0.25, 0.3) is 0 Å². The molecule has 14 heavy (non-hydrogen) atoms. The first-order valence-electron chi connectivity index (χ1n) is 4.52. The third kappa shape index (κ3) is 1.38. The molecule has 5 heteroatoms. The Balaban J connectivity index is 2.37. The molecule has 0 aromatic carbocycles. The summed E-state index contributed by atoms with van der Waals surface area (Å²) in [4.78, 5) is 12.7. The fraction of sp³-hybridized carbons (Fsp3) is 0.444. The van der Waals surface area contributed by atoms with Crippen LogP contribution in [-0.4, -0.2) is 12.6 Å². The lowest BCUT2D eigenvalue weighted by Gasteiger charge is -2.02. The van der Waals surface area contributed by atoms with E-state index in [9.17, 15) is 4.79 Å². The molecule has 1 aliphatic rings. The number of esters is 1.